The molecule has 1 aromatic heterocycles. The Labute approximate surface area is 131 Å². The molecule has 2 nitrogen and oxygen atoms in total. The fourth-order valence-electron chi connectivity index (χ4n) is 2.17. The molecule has 0 aliphatic rings. The maximum atomic E-state index is 6.29. The Morgan fingerprint density at radius 2 is 2.11 bits per heavy atom. The first-order valence-corrected chi connectivity index (χ1v) is 7.90. The monoisotopic (exact) mass is 360 g/mol. The summed E-state index contributed by atoms with van der Waals surface area (Å²) in [7, 11) is 1.86. The molecule has 0 radical (unpaired) electrons. The van der Waals surface area contributed by atoms with Gasteiger partial charge in [-0.05, 0) is 37.0 Å². The van der Waals surface area contributed by atoms with Gasteiger partial charge in [-0.2, -0.15) is 5.10 Å². The second kappa shape index (κ2) is 6.29. The van der Waals surface area contributed by atoms with Crippen LogP contribution in [-0.2, 0) is 13.5 Å². The van der Waals surface area contributed by atoms with Crippen LogP contribution in [0.3, 0.4) is 0 Å². The number of hydrogen-bond donors (Lipinski definition) is 0. The molecule has 1 atom stereocenters. The number of aromatic nitrogens is 2. The lowest BCUT2D eigenvalue weighted by atomic mass is 9.94. The zero-order valence-electron chi connectivity index (χ0n) is 10.8. The van der Waals surface area contributed by atoms with Gasteiger partial charge >= 0.3 is 0 Å². The minimum atomic E-state index is 0.332. The highest BCUT2D eigenvalue weighted by Crippen LogP contribution is 2.29. The van der Waals surface area contributed by atoms with E-state index in [1.165, 1.54) is 5.56 Å². The van der Waals surface area contributed by atoms with Gasteiger partial charge in [0.25, 0.3) is 0 Å². The van der Waals surface area contributed by atoms with Crippen LogP contribution in [0.25, 0.3) is 0 Å². The summed E-state index contributed by atoms with van der Waals surface area (Å²) in [6.45, 7) is 1.99. The number of hydrogen-bond acceptors (Lipinski definition) is 1. The minimum Gasteiger partial charge on any atom is -0.257 e. The van der Waals surface area contributed by atoms with Crippen molar-refractivity contribution in [2.45, 2.75) is 19.3 Å². The van der Waals surface area contributed by atoms with Gasteiger partial charge in [-0.15, -0.1) is 0 Å². The molecule has 2 rings (SSSR count). The number of rotatable bonds is 4. The molecule has 0 amide bonds. The number of benzene rings is 1. The highest BCUT2D eigenvalue weighted by Gasteiger charge is 2.18. The van der Waals surface area contributed by atoms with E-state index in [9.17, 15) is 0 Å². The third-order valence-corrected chi connectivity index (χ3v) is 4.72. The molecule has 2 aromatic rings. The van der Waals surface area contributed by atoms with Crippen molar-refractivity contribution >= 4 is 39.1 Å². The third-order valence-electron chi connectivity index (χ3n) is 3.23. The topological polar surface area (TPSA) is 17.8 Å². The van der Waals surface area contributed by atoms with Crippen LogP contribution in [0.4, 0.5) is 0 Å². The molecular weight excluding hydrogens is 347 g/mol. The first-order chi connectivity index (χ1) is 9.02. The molecule has 0 aliphatic heterocycles. The van der Waals surface area contributed by atoms with Crippen LogP contribution >= 0.6 is 39.1 Å². The van der Waals surface area contributed by atoms with Crippen molar-refractivity contribution in [3.8, 4) is 0 Å². The molecule has 1 aromatic carbocycles. The van der Waals surface area contributed by atoms with Crippen molar-refractivity contribution in [1.29, 1.82) is 0 Å². The van der Waals surface area contributed by atoms with Crippen LogP contribution in [-0.4, -0.2) is 15.1 Å². The first-order valence-electron chi connectivity index (χ1n) is 6.02. The molecule has 0 spiro atoms. The summed E-state index contributed by atoms with van der Waals surface area (Å²) in [6.07, 6.45) is 0.851. The normalized spacial score (nSPS) is 12.7. The van der Waals surface area contributed by atoms with E-state index in [1.54, 1.807) is 4.68 Å². The van der Waals surface area contributed by atoms with Crippen molar-refractivity contribution < 1.29 is 0 Å². The number of alkyl halides is 1. The Kier molecular flexibility index (Phi) is 4.93. The van der Waals surface area contributed by atoms with E-state index in [2.05, 4.69) is 27.1 Å². The van der Waals surface area contributed by atoms with E-state index in [4.69, 9.17) is 23.2 Å². The summed E-state index contributed by atoms with van der Waals surface area (Å²) >= 11 is 15.9. The van der Waals surface area contributed by atoms with Gasteiger partial charge in [0.15, 0.2) is 0 Å². The lowest BCUT2D eigenvalue weighted by Crippen LogP contribution is -2.05. The molecular formula is C14H15BrCl2N2. The maximum Gasteiger partial charge on any atom is 0.130 e. The Morgan fingerprint density at radius 3 is 2.63 bits per heavy atom. The van der Waals surface area contributed by atoms with Crippen LogP contribution < -0.4 is 0 Å². The van der Waals surface area contributed by atoms with Crippen LogP contribution in [0.5, 0.6) is 0 Å². The fourth-order valence-corrected chi connectivity index (χ4v) is 3.23. The van der Waals surface area contributed by atoms with Gasteiger partial charge in [0.2, 0.25) is 0 Å². The lowest BCUT2D eigenvalue weighted by molar-refractivity contribution is 0.755. The minimum absolute atomic E-state index is 0.332. The van der Waals surface area contributed by atoms with E-state index in [-0.39, 0.29) is 0 Å². The number of nitrogens with zero attached hydrogens (tertiary/aromatic N) is 2. The van der Waals surface area contributed by atoms with Gasteiger partial charge in [-0.1, -0.05) is 51.3 Å². The molecule has 5 heteroatoms. The van der Waals surface area contributed by atoms with Crippen LogP contribution in [0, 0.1) is 6.92 Å². The van der Waals surface area contributed by atoms with Crippen molar-refractivity contribution in [2.75, 3.05) is 5.33 Å². The largest absolute Gasteiger partial charge is 0.257 e. The van der Waals surface area contributed by atoms with Gasteiger partial charge in [0.1, 0.15) is 5.15 Å². The Morgan fingerprint density at radius 1 is 1.37 bits per heavy atom. The Hall–Kier alpha value is -0.510. The molecule has 1 unspecified atom stereocenters. The SMILES string of the molecule is Cc1nn(C)c(Cl)c1CC(CBr)c1cccc(Cl)c1. The van der Waals surface area contributed by atoms with Crippen LogP contribution in [0.1, 0.15) is 22.7 Å². The van der Waals surface area contributed by atoms with Gasteiger partial charge in [-0.3, -0.25) is 4.68 Å². The van der Waals surface area contributed by atoms with Gasteiger partial charge < -0.3 is 0 Å². The quantitative estimate of drug-likeness (QED) is 0.718. The summed E-state index contributed by atoms with van der Waals surface area (Å²) in [5.41, 5.74) is 3.30. The predicted molar refractivity (Wildman–Crippen MR) is 84.6 cm³/mol. The van der Waals surface area contributed by atoms with Crippen LogP contribution in [0.2, 0.25) is 10.2 Å². The van der Waals surface area contributed by atoms with Crippen molar-refractivity contribution in [1.82, 2.24) is 9.78 Å². The van der Waals surface area contributed by atoms with E-state index in [1.807, 2.05) is 32.2 Å². The predicted octanol–water partition coefficient (Wildman–Crippen LogP) is 4.76. The molecule has 0 fully saturated rings. The number of halogens is 3. The standard InChI is InChI=1S/C14H15BrCl2N2/c1-9-13(14(17)19(2)18-9)7-11(8-15)10-4-3-5-12(16)6-10/h3-6,11H,7-8H2,1-2H3. The van der Waals surface area contributed by atoms with Crippen molar-refractivity contribution in [3.05, 3.63) is 51.3 Å². The van der Waals surface area contributed by atoms with Gasteiger partial charge in [0.05, 0.1) is 5.69 Å². The summed E-state index contributed by atoms with van der Waals surface area (Å²) in [5.74, 6) is 0.332. The smallest absolute Gasteiger partial charge is 0.130 e. The molecule has 1 heterocycles. The molecule has 102 valence electrons. The number of aryl methyl sites for hydroxylation is 2. The third kappa shape index (κ3) is 3.33. The summed E-state index contributed by atoms with van der Waals surface area (Å²) in [4.78, 5) is 0. The molecule has 0 N–H and O–H groups in total. The van der Waals surface area contributed by atoms with Crippen molar-refractivity contribution in [3.63, 3.8) is 0 Å². The summed E-state index contributed by atoms with van der Waals surface area (Å²) in [6, 6.07) is 7.97. The highest BCUT2D eigenvalue weighted by atomic mass is 79.9. The highest BCUT2D eigenvalue weighted by molar-refractivity contribution is 9.09. The van der Waals surface area contributed by atoms with E-state index < -0.39 is 0 Å². The van der Waals surface area contributed by atoms with E-state index in [0.29, 0.717) is 11.1 Å². The fraction of sp³-hybridized carbons (Fsp3) is 0.357. The molecule has 0 aliphatic carbocycles. The Bertz CT molecular complexity index is 581. The van der Waals surface area contributed by atoms with Crippen molar-refractivity contribution in [2.24, 2.45) is 7.05 Å². The summed E-state index contributed by atoms with van der Waals surface area (Å²) < 4.78 is 1.72. The second-order valence-electron chi connectivity index (χ2n) is 4.59. The maximum absolute atomic E-state index is 6.29. The zero-order valence-corrected chi connectivity index (χ0v) is 13.9. The molecule has 0 bridgehead atoms. The average Bonchev–Trinajstić information content (AvgIpc) is 2.61. The second-order valence-corrected chi connectivity index (χ2v) is 6.03. The lowest BCUT2D eigenvalue weighted by Gasteiger charge is -2.15. The summed E-state index contributed by atoms with van der Waals surface area (Å²) in [5, 5.41) is 6.69. The Balaban J connectivity index is 2.29. The zero-order chi connectivity index (χ0) is 14.0. The van der Waals surface area contributed by atoms with Crippen LogP contribution in [0.15, 0.2) is 24.3 Å². The average molecular weight is 362 g/mol. The van der Waals surface area contributed by atoms with Gasteiger partial charge in [-0.25, -0.2) is 0 Å². The first kappa shape index (κ1) is 14.9. The van der Waals surface area contributed by atoms with E-state index in [0.717, 1.165) is 28.0 Å². The van der Waals surface area contributed by atoms with Gasteiger partial charge in [0, 0.05) is 23.0 Å². The molecule has 0 saturated carbocycles. The molecule has 19 heavy (non-hydrogen) atoms. The van der Waals surface area contributed by atoms with E-state index >= 15 is 0 Å². The molecule has 0 saturated heterocycles.